The molecule has 0 radical (unpaired) electrons. The number of tetrazole rings is 1. The monoisotopic (exact) mass is 279 g/mol. The third kappa shape index (κ3) is 2.70. The Morgan fingerprint density at radius 1 is 1.58 bits per heavy atom. The van der Waals surface area contributed by atoms with Gasteiger partial charge in [0.2, 0.25) is 0 Å². The number of carbonyl (C=O) groups excluding carboxylic acids is 1. The molecule has 2 aromatic rings. The fourth-order valence-corrected chi connectivity index (χ4v) is 2.27. The van der Waals surface area contributed by atoms with Crippen LogP contribution in [0.15, 0.2) is 11.6 Å². The van der Waals surface area contributed by atoms with E-state index in [2.05, 4.69) is 31.1 Å². The zero-order valence-corrected chi connectivity index (χ0v) is 11.1. The van der Waals surface area contributed by atoms with Gasteiger partial charge < -0.3 is 5.32 Å². The van der Waals surface area contributed by atoms with Gasteiger partial charge in [-0.15, -0.1) is 16.4 Å². The van der Waals surface area contributed by atoms with Crippen molar-refractivity contribution in [2.45, 2.75) is 31.8 Å². The van der Waals surface area contributed by atoms with E-state index in [9.17, 15) is 4.79 Å². The lowest BCUT2D eigenvalue weighted by Crippen LogP contribution is -2.32. The molecule has 19 heavy (non-hydrogen) atoms. The van der Waals surface area contributed by atoms with Gasteiger partial charge in [0, 0.05) is 11.6 Å². The maximum Gasteiger partial charge on any atom is 0.321 e. The smallest absolute Gasteiger partial charge is 0.321 e. The summed E-state index contributed by atoms with van der Waals surface area (Å²) in [5.74, 6) is 0.678. The van der Waals surface area contributed by atoms with Gasteiger partial charge in [-0.1, -0.05) is 0 Å². The average molecular weight is 279 g/mol. The topological polar surface area (TPSA) is 97.6 Å². The minimum absolute atomic E-state index is 0.254. The number of rotatable bonds is 4. The Labute approximate surface area is 113 Å². The van der Waals surface area contributed by atoms with E-state index in [0.717, 1.165) is 12.8 Å². The molecule has 0 aromatic carbocycles. The zero-order valence-electron chi connectivity index (χ0n) is 10.3. The van der Waals surface area contributed by atoms with Crippen molar-refractivity contribution in [2.75, 3.05) is 5.32 Å². The first-order chi connectivity index (χ1) is 9.24. The largest absolute Gasteiger partial charge is 0.328 e. The van der Waals surface area contributed by atoms with Gasteiger partial charge in [-0.3, -0.25) is 5.32 Å². The third-order valence-corrected chi connectivity index (χ3v) is 3.49. The quantitative estimate of drug-likeness (QED) is 0.880. The summed E-state index contributed by atoms with van der Waals surface area (Å²) in [6.45, 7) is 1.85. The Hall–Kier alpha value is -2.03. The highest BCUT2D eigenvalue weighted by molar-refractivity contribution is 7.13. The van der Waals surface area contributed by atoms with Crippen molar-refractivity contribution < 1.29 is 4.79 Å². The van der Waals surface area contributed by atoms with Gasteiger partial charge >= 0.3 is 6.03 Å². The summed E-state index contributed by atoms with van der Waals surface area (Å²) in [6.07, 6.45) is 3.82. The molecular weight excluding hydrogens is 266 g/mol. The van der Waals surface area contributed by atoms with Crippen molar-refractivity contribution >= 4 is 22.5 Å². The van der Waals surface area contributed by atoms with E-state index >= 15 is 0 Å². The fourth-order valence-electron chi connectivity index (χ4n) is 1.74. The highest BCUT2D eigenvalue weighted by atomic mass is 32.1. The number of anilines is 1. The molecule has 1 saturated carbocycles. The molecule has 0 aliphatic heterocycles. The van der Waals surface area contributed by atoms with Gasteiger partial charge in [0.15, 0.2) is 11.0 Å². The molecule has 3 rings (SSSR count). The first-order valence-corrected chi connectivity index (χ1v) is 6.87. The van der Waals surface area contributed by atoms with E-state index in [0.29, 0.717) is 17.0 Å². The number of hydrogen-bond acceptors (Lipinski definition) is 6. The Morgan fingerprint density at radius 3 is 3.11 bits per heavy atom. The van der Waals surface area contributed by atoms with Crippen LogP contribution in [0, 0.1) is 0 Å². The van der Waals surface area contributed by atoms with Crippen molar-refractivity contribution in [1.82, 2.24) is 30.5 Å². The number of hydrogen-bond donors (Lipinski definition) is 2. The SMILES string of the molecule is C[C@H](NC(=O)Nc1nccs1)c1nnnn1C1CC1. The predicted octanol–water partition coefficient (Wildman–Crippen LogP) is 1.35. The third-order valence-electron chi connectivity index (χ3n) is 2.80. The fraction of sp³-hybridized carbons (Fsp3) is 0.500. The van der Waals surface area contributed by atoms with Crippen LogP contribution in [0.4, 0.5) is 9.93 Å². The normalized spacial score (nSPS) is 16.1. The van der Waals surface area contributed by atoms with Gasteiger partial charge in [-0.2, -0.15) is 0 Å². The number of nitrogens with zero attached hydrogens (tertiary/aromatic N) is 5. The minimum Gasteiger partial charge on any atom is -0.328 e. The molecule has 2 N–H and O–H groups in total. The van der Waals surface area contributed by atoms with Crippen LogP contribution in [0.25, 0.3) is 0 Å². The lowest BCUT2D eigenvalue weighted by Gasteiger charge is -2.13. The summed E-state index contributed by atoms with van der Waals surface area (Å²) in [4.78, 5) is 15.8. The highest BCUT2D eigenvalue weighted by Crippen LogP contribution is 2.35. The Bertz CT molecular complexity index is 562. The van der Waals surface area contributed by atoms with E-state index in [1.54, 1.807) is 16.3 Å². The van der Waals surface area contributed by atoms with Crippen LogP contribution in [0.2, 0.25) is 0 Å². The molecule has 0 bridgehead atoms. The number of nitrogens with one attached hydrogen (secondary N) is 2. The van der Waals surface area contributed by atoms with E-state index in [4.69, 9.17) is 0 Å². The molecule has 2 amide bonds. The lowest BCUT2D eigenvalue weighted by atomic mass is 10.3. The molecule has 1 atom stereocenters. The maximum absolute atomic E-state index is 11.8. The average Bonchev–Trinajstić information content (AvgIpc) is 2.91. The molecule has 9 heteroatoms. The van der Waals surface area contributed by atoms with Crippen molar-refractivity contribution in [3.63, 3.8) is 0 Å². The Morgan fingerprint density at radius 2 is 2.42 bits per heavy atom. The van der Waals surface area contributed by atoms with Crippen LogP contribution in [0.5, 0.6) is 0 Å². The van der Waals surface area contributed by atoms with E-state index in [1.807, 2.05) is 6.92 Å². The second-order valence-corrected chi connectivity index (χ2v) is 5.26. The number of thiazole rings is 1. The summed E-state index contributed by atoms with van der Waals surface area (Å²) < 4.78 is 1.79. The number of urea groups is 1. The van der Waals surface area contributed by atoms with Crippen LogP contribution < -0.4 is 10.6 Å². The van der Waals surface area contributed by atoms with E-state index < -0.39 is 0 Å². The summed E-state index contributed by atoms with van der Waals surface area (Å²) in [7, 11) is 0. The summed E-state index contributed by atoms with van der Waals surface area (Å²) in [5, 5.41) is 19.4. The Kier molecular flexibility index (Phi) is 3.11. The van der Waals surface area contributed by atoms with Crippen LogP contribution in [-0.2, 0) is 0 Å². The molecule has 100 valence electrons. The first kappa shape index (κ1) is 12.0. The second kappa shape index (κ2) is 4.92. The van der Waals surface area contributed by atoms with E-state index in [1.165, 1.54) is 11.3 Å². The lowest BCUT2D eigenvalue weighted by molar-refractivity contribution is 0.248. The van der Waals surface area contributed by atoms with Gasteiger partial charge in [-0.05, 0) is 30.2 Å². The van der Waals surface area contributed by atoms with Crippen LogP contribution in [0.1, 0.15) is 37.7 Å². The highest BCUT2D eigenvalue weighted by Gasteiger charge is 2.29. The molecular formula is C10H13N7OS. The van der Waals surface area contributed by atoms with Crippen molar-refractivity contribution in [2.24, 2.45) is 0 Å². The van der Waals surface area contributed by atoms with Gasteiger partial charge in [0.1, 0.15) is 0 Å². The Balaban J connectivity index is 1.62. The molecule has 0 spiro atoms. The molecule has 1 aliphatic carbocycles. The number of amides is 2. The predicted molar refractivity (Wildman–Crippen MR) is 68.8 cm³/mol. The summed E-state index contributed by atoms with van der Waals surface area (Å²) in [5.41, 5.74) is 0. The van der Waals surface area contributed by atoms with Crippen molar-refractivity contribution in [1.29, 1.82) is 0 Å². The molecule has 1 aliphatic rings. The first-order valence-electron chi connectivity index (χ1n) is 5.99. The van der Waals surface area contributed by atoms with Gasteiger partial charge in [-0.25, -0.2) is 14.5 Å². The van der Waals surface area contributed by atoms with Crippen molar-refractivity contribution in [3.8, 4) is 0 Å². The zero-order chi connectivity index (χ0) is 13.2. The van der Waals surface area contributed by atoms with Crippen LogP contribution in [-0.4, -0.2) is 31.2 Å². The summed E-state index contributed by atoms with van der Waals surface area (Å²) in [6, 6.07) is -0.181. The number of carbonyl (C=O) groups is 1. The minimum atomic E-state index is -0.312. The number of aromatic nitrogens is 5. The summed E-state index contributed by atoms with van der Waals surface area (Å²) >= 11 is 1.37. The molecule has 1 fully saturated rings. The standard InChI is InChI=1S/C10H13N7OS/c1-6(8-14-15-16-17(8)7-2-3-7)12-9(18)13-10-11-4-5-19-10/h4-7H,2-3H2,1H3,(H2,11,12,13,18)/t6-/m0/s1. The van der Waals surface area contributed by atoms with Gasteiger partial charge in [0.05, 0.1) is 12.1 Å². The van der Waals surface area contributed by atoms with Gasteiger partial charge in [0.25, 0.3) is 0 Å². The molecule has 8 nitrogen and oxygen atoms in total. The maximum atomic E-state index is 11.8. The molecule has 2 heterocycles. The second-order valence-electron chi connectivity index (χ2n) is 4.37. The molecule has 0 saturated heterocycles. The van der Waals surface area contributed by atoms with Crippen LogP contribution in [0.3, 0.4) is 0 Å². The van der Waals surface area contributed by atoms with E-state index in [-0.39, 0.29) is 12.1 Å². The molecule has 0 unspecified atom stereocenters. The molecule has 2 aromatic heterocycles. The van der Waals surface area contributed by atoms with Crippen LogP contribution >= 0.6 is 11.3 Å². The van der Waals surface area contributed by atoms with Crippen molar-refractivity contribution in [3.05, 3.63) is 17.4 Å².